The number of hydrogen-bond donors (Lipinski definition) is 1. The number of carbonyl (C=O) groups excluding carboxylic acids is 2. The number of amides is 1. The normalized spacial score (nSPS) is 22.3. The lowest BCUT2D eigenvalue weighted by atomic mass is 9.98. The van der Waals surface area contributed by atoms with Gasteiger partial charge in [0.25, 0.3) is 0 Å². The van der Waals surface area contributed by atoms with Crippen molar-refractivity contribution >= 4 is 34.2 Å². The minimum Gasteiger partial charge on any atom is -0.461 e. The number of anilines is 2. The van der Waals surface area contributed by atoms with Crippen LogP contribution in [0.25, 0.3) is 10.8 Å². The second kappa shape index (κ2) is 14.8. The molecule has 10 nitrogen and oxygen atoms in total. The lowest BCUT2D eigenvalue weighted by Gasteiger charge is -2.35. The second-order valence-electron chi connectivity index (χ2n) is 14.4. The highest BCUT2D eigenvalue weighted by Gasteiger charge is 2.41. The number of esters is 1. The van der Waals surface area contributed by atoms with Crippen LogP contribution in [0.4, 0.5) is 20.3 Å². The largest absolute Gasteiger partial charge is 0.461 e. The van der Waals surface area contributed by atoms with Crippen LogP contribution in [0.15, 0.2) is 36.9 Å². The molecule has 1 amide bonds. The summed E-state index contributed by atoms with van der Waals surface area (Å²) in [4.78, 5) is 41.0. The second-order valence-corrected chi connectivity index (χ2v) is 14.4. The molecule has 12 heteroatoms. The Labute approximate surface area is 298 Å². The summed E-state index contributed by atoms with van der Waals surface area (Å²) in [5.74, 6) is 2.13. The number of nitrogens with zero attached hydrogens (tertiary/aromatic N) is 5. The maximum Gasteiger partial charge on any atom is 0.318 e. The highest BCUT2D eigenvalue weighted by molar-refractivity contribution is 6.00. The Morgan fingerprint density at radius 2 is 2.00 bits per heavy atom. The number of alkyl halides is 1. The number of halogens is 2. The molecule has 3 aliphatic heterocycles. The molecule has 270 valence electrons. The van der Waals surface area contributed by atoms with E-state index in [1.807, 2.05) is 18.9 Å². The summed E-state index contributed by atoms with van der Waals surface area (Å²) in [6, 6.07) is 6.48. The monoisotopic (exact) mass is 700 g/mol. The number of terminal acetylenes is 1. The molecular weight excluding hydrogens is 654 g/mol. The van der Waals surface area contributed by atoms with Crippen LogP contribution in [-0.4, -0.2) is 84.3 Å². The van der Waals surface area contributed by atoms with Gasteiger partial charge in [-0.3, -0.25) is 14.5 Å². The van der Waals surface area contributed by atoms with Gasteiger partial charge in [0, 0.05) is 55.7 Å². The van der Waals surface area contributed by atoms with E-state index in [0.717, 1.165) is 42.9 Å². The Kier molecular flexibility index (Phi) is 10.5. The molecule has 0 aliphatic carbocycles. The summed E-state index contributed by atoms with van der Waals surface area (Å²) in [7, 11) is 1.89. The maximum atomic E-state index is 15.1. The van der Waals surface area contributed by atoms with E-state index in [0.29, 0.717) is 61.2 Å². The molecule has 1 N–H and O–H groups in total. The minimum absolute atomic E-state index is 0.0969. The summed E-state index contributed by atoms with van der Waals surface area (Å²) >= 11 is 0. The zero-order valence-corrected chi connectivity index (χ0v) is 29.8. The molecule has 1 aromatic heterocycles. The molecule has 2 fully saturated rings. The fourth-order valence-corrected chi connectivity index (χ4v) is 7.31. The third-order valence-electron chi connectivity index (χ3n) is 10.3. The topological polar surface area (TPSA) is 100 Å². The number of carbonyl (C=O) groups is 2. The van der Waals surface area contributed by atoms with E-state index in [-0.39, 0.29) is 42.0 Å². The van der Waals surface area contributed by atoms with Crippen LogP contribution in [0.2, 0.25) is 0 Å². The summed E-state index contributed by atoms with van der Waals surface area (Å²) < 4.78 is 41.6. The van der Waals surface area contributed by atoms with Gasteiger partial charge in [0.15, 0.2) is 0 Å². The van der Waals surface area contributed by atoms with E-state index in [2.05, 4.69) is 27.6 Å². The van der Waals surface area contributed by atoms with Crippen LogP contribution in [0.5, 0.6) is 11.8 Å². The standard InChI is InChI=1S/C39H46F2N6O4/c1-7-29-31(41)13-12-25-17-28(51-37(49)24(3)4)18-33(35(25)29)46-16-14-30-32(22-46)43-38(50-23-39(5)19-26(40)20-45(39)6)44-36(30)47-15-10-9-11-27(21-47)42-34(48)8-2/h1,8,12-13,17-18,24,26-27H,2,9-11,14-16,19-23H2,3-6H3,(H,42,48)/t26-,27?,39+/m1/s1. The molecule has 3 aliphatic rings. The van der Waals surface area contributed by atoms with Crippen LogP contribution >= 0.6 is 0 Å². The highest BCUT2D eigenvalue weighted by Crippen LogP contribution is 2.39. The molecule has 0 spiro atoms. The predicted molar refractivity (Wildman–Crippen MR) is 193 cm³/mol. The van der Waals surface area contributed by atoms with Crippen molar-refractivity contribution in [2.75, 3.05) is 49.6 Å². The van der Waals surface area contributed by atoms with Crippen molar-refractivity contribution in [1.29, 1.82) is 0 Å². The molecule has 0 saturated carbocycles. The number of benzene rings is 2. The summed E-state index contributed by atoms with van der Waals surface area (Å²) in [6.45, 7) is 11.7. The van der Waals surface area contributed by atoms with E-state index in [1.54, 1.807) is 32.0 Å². The van der Waals surface area contributed by atoms with Gasteiger partial charge in [-0.15, -0.1) is 6.42 Å². The predicted octanol–water partition coefficient (Wildman–Crippen LogP) is 5.35. The number of rotatable bonds is 9. The Balaban J connectivity index is 1.41. The van der Waals surface area contributed by atoms with Crippen LogP contribution in [0, 0.1) is 24.1 Å². The van der Waals surface area contributed by atoms with Crippen molar-refractivity contribution in [2.45, 2.75) is 77.2 Å². The smallest absolute Gasteiger partial charge is 0.318 e. The van der Waals surface area contributed by atoms with Gasteiger partial charge in [-0.05, 0) is 63.2 Å². The third-order valence-corrected chi connectivity index (χ3v) is 10.3. The van der Waals surface area contributed by atoms with Crippen LogP contribution in [-0.2, 0) is 22.6 Å². The van der Waals surface area contributed by atoms with Crippen molar-refractivity contribution in [3.63, 3.8) is 0 Å². The van der Waals surface area contributed by atoms with Crippen LogP contribution in [0.1, 0.15) is 63.3 Å². The fourth-order valence-electron chi connectivity index (χ4n) is 7.31. The molecule has 4 heterocycles. The fraction of sp³-hybridized carbons (Fsp3) is 0.487. The van der Waals surface area contributed by atoms with Crippen molar-refractivity contribution in [3.8, 4) is 24.1 Å². The number of aromatic nitrogens is 2. The average Bonchev–Trinajstić information content (AvgIpc) is 3.23. The first-order chi connectivity index (χ1) is 24.4. The zero-order valence-electron chi connectivity index (χ0n) is 29.8. The minimum atomic E-state index is -0.944. The van der Waals surface area contributed by atoms with Gasteiger partial charge in [-0.25, -0.2) is 8.78 Å². The Morgan fingerprint density at radius 1 is 1.20 bits per heavy atom. The molecule has 6 rings (SSSR count). The highest BCUT2D eigenvalue weighted by atomic mass is 19.1. The first-order valence-corrected chi connectivity index (χ1v) is 17.6. The first-order valence-electron chi connectivity index (χ1n) is 17.6. The molecule has 3 atom stereocenters. The van der Waals surface area contributed by atoms with Gasteiger partial charge in [0.1, 0.15) is 30.2 Å². The molecule has 51 heavy (non-hydrogen) atoms. The molecule has 2 saturated heterocycles. The number of likely N-dealkylation sites (N-methyl/N-ethyl adjacent to an activating group) is 1. The van der Waals surface area contributed by atoms with Crippen molar-refractivity contribution in [2.24, 2.45) is 5.92 Å². The van der Waals surface area contributed by atoms with Crippen LogP contribution < -0.4 is 24.6 Å². The van der Waals surface area contributed by atoms with E-state index in [4.69, 9.17) is 25.9 Å². The maximum absolute atomic E-state index is 15.1. The van der Waals surface area contributed by atoms with E-state index < -0.39 is 17.5 Å². The van der Waals surface area contributed by atoms with Gasteiger partial charge in [0.05, 0.1) is 34.9 Å². The SMILES string of the molecule is C#Cc1c(F)ccc2cc(OC(=O)C(C)C)cc(N3CCc4c(nc(OC[C@]5(C)C[C@@H](F)CN5C)nc4N4CCCCC(NC(=O)C=C)C4)C3)c12. The average molecular weight is 701 g/mol. The molecule has 2 aromatic carbocycles. The van der Waals surface area contributed by atoms with E-state index >= 15 is 4.39 Å². The number of fused-ring (bicyclic) bond motifs is 2. The molecular formula is C39H46F2N6O4. The van der Waals surface area contributed by atoms with Crippen LogP contribution in [0.3, 0.4) is 0 Å². The number of likely N-dealkylation sites (tertiary alicyclic amines) is 1. The van der Waals surface area contributed by atoms with E-state index in [9.17, 15) is 14.0 Å². The van der Waals surface area contributed by atoms with Crippen molar-refractivity contribution < 1.29 is 27.8 Å². The van der Waals surface area contributed by atoms with Gasteiger partial charge in [0.2, 0.25) is 5.91 Å². The van der Waals surface area contributed by atoms with Gasteiger partial charge < -0.3 is 24.6 Å². The summed E-state index contributed by atoms with van der Waals surface area (Å²) in [5, 5.41) is 4.25. The third kappa shape index (κ3) is 7.64. The van der Waals surface area contributed by atoms with Gasteiger partial charge >= 0.3 is 12.0 Å². The zero-order chi connectivity index (χ0) is 36.4. The Morgan fingerprint density at radius 3 is 2.71 bits per heavy atom. The van der Waals surface area contributed by atoms with E-state index in [1.165, 1.54) is 12.1 Å². The molecule has 0 radical (unpaired) electrons. The Bertz CT molecular complexity index is 1880. The van der Waals surface area contributed by atoms with Crippen molar-refractivity contribution in [3.05, 3.63) is 59.6 Å². The quantitative estimate of drug-likeness (QED) is 0.137. The Hall–Kier alpha value is -4.76. The lowest BCUT2D eigenvalue weighted by Crippen LogP contribution is -2.44. The lowest BCUT2D eigenvalue weighted by molar-refractivity contribution is -0.137. The van der Waals surface area contributed by atoms with Crippen molar-refractivity contribution in [1.82, 2.24) is 20.2 Å². The molecule has 1 unspecified atom stereocenters. The number of nitrogens with one attached hydrogen (secondary N) is 1. The molecule has 3 aromatic rings. The summed E-state index contributed by atoms with van der Waals surface area (Å²) in [5.41, 5.74) is 1.89. The molecule has 0 bridgehead atoms. The summed E-state index contributed by atoms with van der Waals surface area (Å²) in [6.07, 6.45) is 9.76. The number of ether oxygens (including phenoxy) is 2. The first kappa shape index (κ1) is 36.0. The van der Waals surface area contributed by atoms with Gasteiger partial charge in [-0.2, -0.15) is 9.97 Å². The van der Waals surface area contributed by atoms with Gasteiger partial charge in [-0.1, -0.05) is 32.4 Å². The number of hydrogen-bond acceptors (Lipinski definition) is 9.